The number of benzene rings is 1. The molecule has 0 unspecified atom stereocenters. The molecule has 0 saturated carbocycles. The van der Waals surface area contributed by atoms with Crippen LogP contribution in [0, 0.1) is 0 Å². The smallest absolute Gasteiger partial charge is 0.268 e. The lowest BCUT2D eigenvalue weighted by atomic mass is 10.3. The van der Waals surface area contributed by atoms with Crippen LogP contribution in [-0.4, -0.2) is 19.9 Å². The zero-order chi connectivity index (χ0) is 14.2. The Morgan fingerprint density at radius 1 is 1.10 bits per heavy atom. The molecule has 21 heavy (non-hydrogen) atoms. The molecule has 3 heterocycles. The van der Waals surface area contributed by atoms with Gasteiger partial charge in [0.2, 0.25) is 0 Å². The highest BCUT2D eigenvalue weighted by atomic mass is 32.2. The van der Waals surface area contributed by atoms with Gasteiger partial charge < -0.3 is 9.97 Å². The van der Waals surface area contributed by atoms with Crippen molar-refractivity contribution >= 4 is 44.3 Å². The Morgan fingerprint density at radius 2 is 2.00 bits per heavy atom. The first kappa shape index (κ1) is 12.6. The van der Waals surface area contributed by atoms with Crippen molar-refractivity contribution in [1.82, 2.24) is 19.9 Å². The predicted octanol–water partition coefficient (Wildman–Crippen LogP) is 3.15. The normalized spacial score (nSPS) is 11.4. The summed E-state index contributed by atoms with van der Waals surface area (Å²) in [5.74, 6) is 1.23. The molecule has 7 heteroatoms. The molecule has 0 bridgehead atoms. The second-order valence-corrected chi connectivity index (χ2v) is 6.38. The third-order valence-electron chi connectivity index (χ3n) is 3.08. The standard InChI is InChI=1S/C14H10N4OS2/c19-13-12-10(5-6-20-12)15-11(18-13)7-21-14-16-8-3-1-2-4-9(8)17-14/h1-6H,7H2,(H,16,17)(H,15,18,19). The third-order valence-corrected chi connectivity index (χ3v) is 4.86. The van der Waals surface area contributed by atoms with Gasteiger partial charge in [0, 0.05) is 0 Å². The van der Waals surface area contributed by atoms with Gasteiger partial charge >= 0.3 is 0 Å². The van der Waals surface area contributed by atoms with Crippen molar-refractivity contribution in [2.45, 2.75) is 10.9 Å². The summed E-state index contributed by atoms with van der Waals surface area (Å²) in [6, 6.07) is 9.75. The quantitative estimate of drug-likeness (QED) is 0.570. The Bertz CT molecular complexity index is 952. The molecule has 0 aliphatic rings. The van der Waals surface area contributed by atoms with Gasteiger partial charge in [0.1, 0.15) is 10.5 Å². The van der Waals surface area contributed by atoms with Gasteiger partial charge in [-0.3, -0.25) is 4.79 Å². The molecule has 0 spiro atoms. The van der Waals surface area contributed by atoms with Gasteiger partial charge in [0.15, 0.2) is 5.16 Å². The molecule has 0 amide bonds. The molecule has 0 radical (unpaired) electrons. The molecule has 4 rings (SSSR count). The first-order valence-corrected chi connectivity index (χ1v) is 8.20. The summed E-state index contributed by atoms with van der Waals surface area (Å²) in [4.78, 5) is 26.9. The molecule has 104 valence electrons. The number of H-pyrrole nitrogens is 2. The van der Waals surface area contributed by atoms with Gasteiger partial charge in [-0.2, -0.15) is 0 Å². The highest BCUT2D eigenvalue weighted by molar-refractivity contribution is 7.98. The van der Waals surface area contributed by atoms with Crippen LogP contribution >= 0.6 is 23.1 Å². The van der Waals surface area contributed by atoms with Gasteiger partial charge in [-0.15, -0.1) is 11.3 Å². The molecule has 0 aliphatic heterocycles. The van der Waals surface area contributed by atoms with Crippen LogP contribution in [0.1, 0.15) is 5.82 Å². The Kier molecular flexibility index (Phi) is 3.01. The topological polar surface area (TPSA) is 74.4 Å². The summed E-state index contributed by atoms with van der Waals surface area (Å²) in [5, 5.41) is 2.70. The number of nitrogens with zero attached hydrogens (tertiary/aromatic N) is 2. The van der Waals surface area contributed by atoms with E-state index in [9.17, 15) is 4.79 Å². The summed E-state index contributed by atoms with van der Waals surface area (Å²) in [6.07, 6.45) is 0. The zero-order valence-corrected chi connectivity index (χ0v) is 12.4. The van der Waals surface area contributed by atoms with Gasteiger partial charge in [0.25, 0.3) is 5.56 Å². The minimum absolute atomic E-state index is 0.0739. The zero-order valence-electron chi connectivity index (χ0n) is 10.8. The second kappa shape index (κ2) is 5.01. The number of para-hydroxylation sites is 2. The van der Waals surface area contributed by atoms with Crippen molar-refractivity contribution in [3.8, 4) is 0 Å². The van der Waals surface area contributed by atoms with Crippen LogP contribution in [0.25, 0.3) is 21.3 Å². The molecular weight excluding hydrogens is 304 g/mol. The van der Waals surface area contributed by atoms with E-state index in [1.807, 2.05) is 35.7 Å². The van der Waals surface area contributed by atoms with Gasteiger partial charge in [-0.25, -0.2) is 9.97 Å². The van der Waals surface area contributed by atoms with E-state index in [1.54, 1.807) is 0 Å². The van der Waals surface area contributed by atoms with E-state index in [2.05, 4.69) is 19.9 Å². The average molecular weight is 314 g/mol. The largest absolute Gasteiger partial charge is 0.333 e. The Labute approximate surface area is 127 Å². The monoisotopic (exact) mass is 314 g/mol. The number of imidazole rings is 1. The van der Waals surface area contributed by atoms with Crippen LogP contribution in [0.2, 0.25) is 0 Å². The Morgan fingerprint density at radius 3 is 2.90 bits per heavy atom. The molecule has 1 aromatic carbocycles. The van der Waals surface area contributed by atoms with Crippen molar-refractivity contribution in [2.75, 3.05) is 0 Å². The lowest BCUT2D eigenvalue weighted by molar-refractivity contribution is 1.03. The van der Waals surface area contributed by atoms with Crippen LogP contribution in [-0.2, 0) is 5.75 Å². The van der Waals surface area contributed by atoms with E-state index in [-0.39, 0.29) is 5.56 Å². The Hall–Kier alpha value is -2.12. The summed E-state index contributed by atoms with van der Waals surface area (Å²) < 4.78 is 0.674. The number of fused-ring (bicyclic) bond motifs is 2. The van der Waals surface area contributed by atoms with E-state index in [1.165, 1.54) is 23.1 Å². The maximum Gasteiger partial charge on any atom is 0.268 e. The average Bonchev–Trinajstić information content (AvgIpc) is 3.11. The lowest BCUT2D eigenvalue weighted by Gasteiger charge is -1.98. The number of nitrogens with one attached hydrogen (secondary N) is 2. The van der Waals surface area contributed by atoms with Crippen molar-refractivity contribution < 1.29 is 0 Å². The van der Waals surface area contributed by atoms with E-state index >= 15 is 0 Å². The van der Waals surface area contributed by atoms with Gasteiger partial charge in [0.05, 0.1) is 22.3 Å². The summed E-state index contributed by atoms with van der Waals surface area (Å²) in [6.45, 7) is 0. The number of hydrogen-bond donors (Lipinski definition) is 2. The highest BCUT2D eigenvalue weighted by Gasteiger charge is 2.07. The molecule has 0 saturated heterocycles. The van der Waals surface area contributed by atoms with Crippen LogP contribution in [0.4, 0.5) is 0 Å². The van der Waals surface area contributed by atoms with E-state index in [0.29, 0.717) is 16.3 Å². The van der Waals surface area contributed by atoms with Gasteiger partial charge in [-0.05, 0) is 23.6 Å². The number of hydrogen-bond acceptors (Lipinski definition) is 5. The van der Waals surface area contributed by atoms with E-state index < -0.39 is 0 Å². The van der Waals surface area contributed by atoms with Crippen molar-refractivity contribution in [1.29, 1.82) is 0 Å². The van der Waals surface area contributed by atoms with Gasteiger partial charge in [-0.1, -0.05) is 23.9 Å². The maximum absolute atomic E-state index is 11.9. The fourth-order valence-electron chi connectivity index (χ4n) is 2.12. The van der Waals surface area contributed by atoms with E-state index in [4.69, 9.17) is 0 Å². The molecular formula is C14H10N4OS2. The molecule has 2 N–H and O–H groups in total. The van der Waals surface area contributed by atoms with Crippen molar-refractivity contribution in [3.63, 3.8) is 0 Å². The fourth-order valence-corrected chi connectivity index (χ4v) is 3.61. The maximum atomic E-state index is 11.9. The van der Waals surface area contributed by atoms with Crippen molar-refractivity contribution in [3.05, 3.63) is 51.9 Å². The summed E-state index contributed by atoms with van der Waals surface area (Å²) >= 11 is 2.93. The first-order chi connectivity index (χ1) is 10.3. The van der Waals surface area contributed by atoms with Crippen molar-refractivity contribution in [2.24, 2.45) is 0 Å². The number of rotatable bonds is 3. The van der Waals surface area contributed by atoms with Crippen LogP contribution < -0.4 is 5.56 Å². The minimum Gasteiger partial charge on any atom is -0.333 e. The van der Waals surface area contributed by atoms with Crippen LogP contribution in [0.5, 0.6) is 0 Å². The second-order valence-electron chi connectivity index (χ2n) is 4.50. The molecule has 3 aromatic heterocycles. The SMILES string of the molecule is O=c1[nH]c(CSc2nc3ccccc3[nH]2)nc2ccsc12. The Balaban J connectivity index is 1.61. The number of aromatic nitrogens is 4. The predicted molar refractivity (Wildman–Crippen MR) is 85.9 cm³/mol. The molecule has 0 fully saturated rings. The first-order valence-electron chi connectivity index (χ1n) is 6.33. The molecule has 0 aliphatic carbocycles. The molecule has 5 nitrogen and oxygen atoms in total. The number of thiophene rings is 1. The third kappa shape index (κ3) is 2.34. The van der Waals surface area contributed by atoms with Crippen LogP contribution in [0.3, 0.4) is 0 Å². The fraction of sp³-hybridized carbons (Fsp3) is 0.0714. The lowest BCUT2D eigenvalue weighted by Crippen LogP contribution is -2.09. The highest BCUT2D eigenvalue weighted by Crippen LogP contribution is 2.22. The molecule has 4 aromatic rings. The van der Waals surface area contributed by atoms with Crippen LogP contribution in [0.15, 0.2) is 45.7 Å². The molecule has 0 atom stereocenters. The summed E-state index contributed by atoms with van der Waals surface area (Å²) in [5.41, 5.74) is 2.63. The summed E-state index contributed by atoms with van der Waals surface area (Å²) in [7, 11) is 0. The van der Waals surface area contributed by atoms with E-state index in [0.717, 1.165) is 21.7 Å². The minimum atomic E-state index is -0.0739. The number of thioether (sulfide) groups is 1. The number of aromatic amines is 2.